The van der Waals surface area contributed by atoms with Crippen molar-refractivity contribution < 1.29 is 18.9 Å². The van der Waals surface area contributed by atoms with E-state index in [2.05, 4.69) is 59.9 Å². The molecular weight excluding hydrogens is 582 g/mol. The first kappa shape index (κ1) is 32.0. The fourth-order valence-corrected chi connectivity index (χ4v) is 5.54. The molecule has 0 radical (unpaired) electrons. The van der Waals surface area contributed by atoms with Crippen molar-refractivity contribution in [2.75, 3.05) is 27.9 Å². The molecule has 6 rings (SSSR count). The third-order valence-electron chi connectivity index (χ3n) is 7.86. The van der Waals surface area contributed by atoms with E-state index in [-0.39, 0.29) is 6.10 Å². The number of hydrogen-bond donors (Lipinski definition) is 1. The van der Waals surface area contributed by atoms with E-state index in [1.807, 2.05) is 60.7 Å². The number of benzene rings is 5. The lowest BCUT2D eigenvalue weighted by Gasteiger charge is -2.27. The summed E-state index contributed by atoms with van der Waals surface area (Å²) in [7, 11) is 5.05. The number of halogens is 1. The smallest absolute Gasteiger partial charge is 0.164 e. The van der Waals surface area contributed by atoms with Crippen molar-refractivity contribution in [3.8, 4) is 45.3 Å². The molecule has 45 heavy (non-hydrogen) atoms. The summed E-state index contributed by atoms with van der Waals surface area (Å²) in [5, 5.41) is 3.55. The number of fused-ring (bicyclic) bond motifs is 1. The molecule has 1 unspecified atom stereocenters. The molecule has 6 heteroatoms. The molecule has 0 saturated carbocycles. The zero-order valence-electron chi connectivity index (χ0n) is 26.1. The van der Waals surface area contributed by atoms with Gasteiger partial charge in [0.05, 0.1) is 21.3 Å². The van der Waals surface area contributed by atoms with Crippen LogP contribution >= 0.6 is 11.6 Å². The van der Waals surface area contributed by atoms with Crippen LogP contribution in [0.4, 0.5) is 0 Å². The Labute approximate surface area is 271 Å². The maximum absolute atomic E-state index is 6.21. The molecule has 0 bridgehead atoms. The van der Waals surface area contributed by atoms with Crippen molar-refractivity contribution >= 4 is 11.6 Å². The van der Waals surface area contributed by atoms with Gasteiger partial charge in [-0.1, -0.05) is 72.8 Å². The summed E-state index contributed by atoms with van der Waals surface area (Å²) in [6.45, 7) is 1.62. The molecule has 0 fully saturated rings. The zero-order chi connectivity index (χ0) is 31.4. The van der Waals surface area contributed by atoms with Crippen LogP contribution in [-0.2, 0) is 18.8 Å². The summed E-state index contributed by atoms with van der Waals surface area (Å²) in [5.74, 6) is 4.01. The highest BCUT2D eigenvalue weighted by Gasteiger charge is 2.22. The van der Waals surface area contributed by atoms with E-state index in [9.17, 15) is 0 Å². The number of nitrogens with one attached hydrogen (secondary N) is 1. The summed E-state index contributed by atoms with van der Waals surface area (Å²) < 4.78 is 22.0. The maximum atomic E-state index is 6.21. The van der Waals surface area contributed by atoms with Gasteiger partial charge in [0.25, 0.3) is 0 Å². The van der Waals surface area contributed by atoms with Gasteiger partial charge in [-0.25, -0.2) is 0 Å². The van der Waals surface area contributed by atoms with E-state index < -0.39 is 0 Å². The van der Waals surface area contributed by atoms with Gasteiger partial charge in [0.1, 0.15) is 17.6 Å². The molecule has 1 aliphatic heterocycles. The van der Waals surface area contributed by atoms with E-state index in [1.165, 1.54) is 33.4 Å². The minimum Gasteiger partial charge on any atom is -0.497 e. The zero-order valence-corrected chi connectivity index (χ0v) is 26.8. The van der Waals surface area contributed by atoms with Gasteiger partial charge < -0.3 is 24.3 Å². The summed E-state index contributed by atoms with van der Waals surface area (Å²) in [6, 6.07) is 39.1. The maximum Gasteiger partial charge on any atom is 0.164 e. The first-order chi connectivity index (χ1) is 22.1. The number of alkyl halides is 1. The summed E-state index contributed by atoms with van der Waals surface area (Å²) in [5.41, 5.74) is 8.37. The van der Waals surface area contributed by atoms with E-state index in [1.54, 1.807) is 21.3 Å². The molecule has 0 aromatic heterocycles. The lowest BCUT2D eigenvalue weighted by molar-refractivity contribution is 0.163. The van der Waals surface area contributed by atoms with Crippen molar-refractivity contribution in [1.82, 2.24) is 5.32 Å². The number of rotatable bonds is 10. The second-order valence-electron chi connectivity index (χ2n) is 10.8. The highest BCUT2D eigenvalue weighted by Crippen LogP contribution is 2.36. The normalized spacial score (nSPS) is 13.5. The fourth-order valence-electron chi connectivity index (χ4n) is 5.38. The average molecular weight is 622 g/mol. The van der Waals surface area contributed by atoms with Crippen molar-refractivity contribution in [2.24, 2.45) is 0 Å². The molecule has 0 aliphatic carbocycles. The van der Waals surface area contributed by atoms with Gasteiger partial charge in [-0.3, -0.25) is 0 Å². The molecule has 232 valence electrons. The molecule has 0 saturated heterocycles. The number of methoxy groups -OCH3 is 3. The minimum absolute atomic E-state index is 0.156. The standard InChI is InChI=1S/C25H27NO3.C14H13ClO/c1-27-22-12-9-19(10-13-22)21-7-3-5-18(15-21)16-26-17-23-14-11-20-6-4-8-24(28-2)25(20)29-23;1-16-14-7-5-12(6-8-14)13-4-2-3-11(9-13)10-15/h3-10,12-13,15,23,26H,11,14,16-17H2,1-2H3;2-9H,10H2,1H3. The largest absolute Gasteiger partial charge is 0.497 e. The lowest BCUT2D eigenvalue weighted by atomic mass is 10.0. The van der Waals surface area contributed by atoms with E-state index in [4.69, 9.17) is 30.5 Å². The van der Waals surface area contributed by atoms with Gasteiger partial charge in [-0.05, 0) is 94.3 Å². The van der Waals surface area contributed by atoms with Crippen LogP contribution in [0, 0.1) is 0 Å². The lowest BCUT2D eigenvalue weighted by Crippen LogP contribution is -2.34. The van der Waals surface area contributed by atoms with Gasteiger partial charge in [-0.2, -0.15) is 0 Å². The van der Waals surface area contributed by atoms with Crippen molar-refractivity contribution in [3.05, 3.63) is 132 Å². The van der Waals surface area contributed by atoms with Crippen LogP contribution in [0.25, 0.3) is 22.3 Å². The Bertz CT molecular complexity index is 1640. The molecule has 5 nitrogen and oxygen atoms in total. The van der Waals surface area contributed by atoms with E-state index in [0.29, 0.717) is 5.88 Å². The topological polar surface area (TPSA) is 49.0 Å². The van der Waals surface area contributed by atoms with Gasteiger partial charge >= 0.3 is 0 Å². The second kappa shape index (κ2) is 16.0. The molecule has 1 atom stereocenters. The van der Waals surface area contributed by atoms with Gasteiger partial charge in [-0.15, -0.1) is 11.6 Å². The predicted molar refractivity (Wildman–Crippen MR) is 184 cm³/mol. The minimum atomic E-state index is 0.156. The van der Waals surface area contributed by atoms with Crippen LogP contribution in [0.1, 0.15) is 23.1 Å². The number of para-hydroxylation sites is 1. The van der Waals surface area contributed by atoms with Crippen LogP contribution in [0.3, 0.4) is 0 Å². The summed E-state index contributed by atoms with van der Waals surface area (Å²) >= 11 is 5.81. The van der Waals surface area contributed by atoms with Gasteiger partial charge in [0, 0.05) is 19.0 Å². The first-order valence-electron chi connectivity index (χ1n) is 15.2. The van der Waals surface area contributed by atoms with Crippen molar-refractivity contribution in [3.63, 3.8) is 0 Å². The number of ether oxygens (including phenoxy) is 4. The monoisotopic (exact) mass is 621 g/mol. The Morgan fingerprint density at radius 1 is 0.667 bits per heavy atom. The van der Waals surface area contributed by atoms with Crippen LogP contribution in [0.15, 0.2) is 115 Å². The van der Waals surface area contributed by atoms with Gasteiger partial charge in [0.15, 0.2) is 11.5 Å². The Morgan fingerprint density at radius 2 is 1.24 bits per heavy atom. The molecule has 0 amide bonds. The summed E-state index contributed by atoms with van der Waals surface area (Å²) in [4.78, 5) is 0. The highest BCUT2D eigenvalue weighted by atomic mass is 35.5. The molecule has 1 N–H and O–H groups in total. The Hall–Kier alpha value is -4.45. The third kappa shape index (κ3) is 8.59. The highest BCUT2D eigenvalue weighted by molar-refractivity contribution is 6.17. The third-order valence-corrected chi connectivity index (χ3v) is 8.17. The van der Waals surface area contributed by atoms with Crippen LogP contribution in [0.2, 0.25) is 0 Å². The van der Waals surface area contributed by atoms with E-state index >= 15 is 0 Å². The first-order valence-corrected chi connectivity index (χ1v) is 15.7. The molecule has 5 aromatic rings. The molecule has 0 spiro atoms. The van der Waals surface area contributed by atoms with Crippen LogP contribution in [-0.4, -0.2) is 34.0 Å². The van der Waals surface area contributed by atoms with E-state index in [0.717, 1.165) is 54.5 Å². The van der Waals surface area contributed by atoms with Crippen LogP contribution < -0.4 is 24.3 Å². The number of aryl methyl sites for hydroxylation is 1. The molecular formula is C39H40ClNO4. The molecule has 5 aromatic carbocycles. The Morgan fingerprint density at radius 3 is 1.82 bits per heavy atom. The Kier molecular flexibility index (Phi) is 11.4. The van der Waals surface area contributed by atoms with Crippen molar-refractivity contribution in [2.45, 2.75) is 31.4 Å². The fraction of sp³-hybridized carbons (Fsp3) is 0.231. The average Bonchev–Trinajstić information content (AvgIpc) is 3.12. The molecule has 1 heterocycles. The SMILES string of the molecule is COc1ccc(-c2cccc(CCl)c2)cc1.COc1ccc(-c2cccc(CNCC3CCc4cccc(OC)c4O3)c2)cc1. The quantitative estimate of drug-likeness (QED) is 0.158. The number of hydrogen-bond acceptors (Lipinski definition) is 5. The Balaban J connectivity index is 0.000000211. The van der Waals surface area contributed by atoms with Crippen LogP contribution in [0.5, 0.6) is 23.0 Å². The molecule has 1 aliphatic rings. The predicted octanol–water partition coefficient (Wildman–Crippen LogP) is 8.96. The summed E-state index contributed by atoms with van der Waals surface area (Å²) in [6.07, 6.45) is 2.19. The van der Waals surface area contributed by atoms with Gasteiger partial charge in [0.2, 0.25) is 0 Å². The second-order valence-corrected chi connectivity index (χ2v) is 11.1. The van der Waals surface area contributed by atoms with Crippen molar-refractivity contribution in [1.29, 1.82) is 0 Å².